The van der Waals surface area contributed by atoms with Gasteiger partial charge in [0.1, 0.15) is 5.75 Å². The molecule has 1 rings (SSSR count). The summed E-state index contributed by atoms with van der Waals surface area (Å²) in [5.74, 6) is -0.365. The second-order valence-corrected chi connectivity index (χ2v) is 4.26. The zero-order chi connectivity index (χ0) is 14.4. The van der Waals surface area contributed by atoms with E-state index in [0.717, 1.165) is 6.08 Å². The highest BCUT2D eigenvalue weighted by Gasteiger charge is 2.23. The normalized spacial score (nSPS) is 11.0. The van der Waals surface area contributed by atoms with Gasteiger partial charge in [-0.05, 0) is 40.5 Å². The maximum absolute atomic E-state index is 11.4. The number of hydrogen-bond acceptors (Lipinski definition) is 5. The number of carbonyl (C=O) groups excluding carboxylic acids is 1. The minimum absolute atomic E-state index is 0.0797. The quantitative estimate of drug-likeness (QED) is 0.359. The molecule has 0 saturated heterocycles. The SMILES string of the molecule is CCOC(=O)/C(=C/c1ccc(OC)c(Br)c1)[N+](=O)[O-]. The van der Waals surface area contributed by atoms with Gasteiger partial charge in [-0.1, -0.05) is 6.07 Å². The molecule has 0 aliphatic rings. The number of carbonyl (C=O) groups is 1. The molecule has 0 aliphatic carbocycles. The Labute approximate surface area is 118 Å². The number of benzene rings is 1. The molecule has 0 N–H and O–H groups in total. The highest BCUT2D eigenvalue weighted by molar-refractivity contribution is 9.10. The number of rotatable bonds is 5. The van der Waals surface area contributed by atoms with E-state index in [9.17, 15) is 14.9 Å². The molecule has 1 aromatic rings. The topological polar surface area (TPSA) is 78.7 Å². The number of esters is 1. The van der Waals surface area contributed by atoms with Crippen molar-refractivity contribution >= 4 is 28.0 Å². The molecule has 0 aromatic heterocycles. The van der Waals surface area contributed by atoms with Crippen LogP contribution in [0.4, 0.5) is 0 Å². The maximum atomic E-state index is 11.4. The van der Waals surface area contributed by atoms with Gasteiger partial charge in [-0.2, -0.15) is 0 Å². The van der Waals surface area contributed by atoms with Crippen molar-refractivity contribution in [3.8, 4) is 5.75 Å². The molecule has 0 fully saturated rings. The van der Waals surface area contributed by atoms with Gasteiger partial charge in [0.15, 0.2) is 0 Å². The van der Waals surface area contributed by atoms with Crippen LogP contribution in [0.15, 0.2) is 28.4 Å². The van der Waals surface area contributed by atoms with Crippen molar-refractivity contribution in [2.24, 2.45) is 0 Å². The van der Waals surface area contributed by atoms with Gasteiger partial charge in [-0.15, -0.1) is 0 Å². The second-order valence-electron chi connectivity index (χ2n) is 3.40. The number of halogens is 1. The molecule has 0 saturated carbocycles. The zero-order valence-electron chi connectivity index (χ0n) is 10.4. The van der Waals surface area contributed by atoms with Gasteiger partial charge >= 0.3 is 11.7 Å². The predicted molar refractivity (Wildman–Crippen MR) is 72.3 cm³/mol. The third-order valence-electron chi connectivity index (χ3n) is 2.16. The van der Waals surface area contributed by atoms with Gasteiger partial charge in [-0.25, -0.2) is 4.79 Å². The Kier molecular flexibility index (Phi) is 5.50. The Morgan fingerprint density at radius 3 is 2.68 bits per heavy atom. The van der Waals surface area contributed by atoms with E-state index in [4.69, 9.17) is 4.74 Å². The highest BCUT2D eigenvalue weighted by Crippen LogP contribution is 2.26. The van der Waals surface area contributed by atoms with Crippen molar-refractivity contribution in [3.05, 3.63) is 44.0 Å². The standard InChI is InChI=1S/C12H12BrNO5/c1-3-19-12(15)10(14(16)17)7-8-4-5-11(18-2)9(13)6-8/h4-7H,3H2,1-2H3/b10-7-. The third kappa shape index (κ3) is 4.06. The van der Waals surface area contributed by atoms with E-state index in [-0.39, 0.29) is 6.61 Å². The Morgan fingerprint density at radius 2 is 2.21 bits per heavy atom. The minimum Gasteiger partial charge on any atom is -0.496 e. The number of methoxy groups -OCH3 is 1. The second kappa shape index (κ2) is 6.89. The molecule has 0 heterocycles. The highest BCUT2D eigenvalue weighted by atomic mass is 79.9. The van der Waals surface area contributed by atoms with Crippen LogP contribution in [0.1, 0.15) is 12.5 Å². The number of nitro groups is 1. The lowest BCUT2D eigenvalue weighted by Crippen LogP contribution is -2.14. The lowest BCUT2D eigenvalue weighted by Gasteiger charge is -2.04. The van der Waals surface area contributed by atoms with Crippen LogP contribution >= 0.6 is 15.9 Å². The Morgan fingerprint density at radius 1 is 1.53 bits per heavy atom. The molecule has 7 heteroatoms. The summed E-state index contributed by atoms with van der Waals surface area (Å²) in [6.45, 7) is 1.66. The molecule has 0 spiro atoms. The molecule has 0 atom stereocenters. The van der Waals surface area contributed by atoms with E-state index in [0.29, 0.717) is 15.8 Å². The molecule has 0 amide bonds. The molecule has 0 unspecified atom stereocenters. The van der Waals surface area contributed by atoms with E-state index in [1.165, 1.54) is 7.11 Å². The summed E-state index contributed by atoms with van der Waals surface area (Å²) < 4.78 is 10.3. The summed E-state index contributed by atoms with van der Waals surface area (Å²) >= 11 is 3.26. The molecular formula is C12H12BrNO5. The first-order valence-electron chi connectivity index (χ1n) is 5.36. The van der Waals surface area contributed by atoms with Crippen LogP contribution < -0.4 is 4.74 Å². The fraction of sp³-hybridized carbons (Fsp3) is 0.250. The Hall–Kier alpha value is -1.89. The zero-order valence-corrected chi connectivity index (χ0v) is 12.0. The van der Waals surface area contributed by atoms with Crippen LogP contribution in [-0.2, 0) is 9.53 Å². The predicted octanol–water partition coefficient (Wildman–Crippen LogP) is 2.64. The Balaban J connectivity index is 3.12. The summed E-state index contributed by atoms with van der Waals surface area (Å²) in [5.41, 5.74) is -0.119. The molecule has 0 bridgehead atoms. The van der Waals surface area contributed by atoms with Crippen molar-refractivity contribution in [1.29, 1.82) is 0 Å². The minimum atomic E-state index is -0.959. The van der Waals surface area contributed by atoms with Crippen molar-refractivity contribution in [2.75, 3.05) is 13.7 Å². The van der Waals surface area contributed by atoms with Gasteiger partial charge in [-0.3, -0.25) is 10.1 Å². The van der Waals surface area contributed by atoms with Crippen LogP contribution in [0.5, 0.6) is 5.75 Å². The fourth-order valence-electron chi connectivity index (χ4n) is 1.32. The van der Waals surface area contributed by atoms with Crippen LogP contribution in [0.25, 0.3) is 6.08 Å². The smallest absolute Gasteiger partial charge is 0.409 e. The van der Waals surface area contributed by atoms with E-state index in [2.05, 4.69) is 20.7 Å². The fourth-order valence-corrected chi connectivity index (χ4v) is 1.88. The number of hydrogen-bond donors (Lipinski definition) is 0. The first-order chi connectivity index (χ1) is 8.99. The molecule has 0 aliphatic heterocycles. The largest absolute Gasteiger partial charge is 0.496 e. The molecular weight excluding hydrogens is 318 g/mol. The maximum Gasteiger partial charge on any atom is 0.409 e. The van der Waals surface area contributed by atoms with Crippen molar-refractivity contribution in [1.82, 2.24) is 0 Å². The molecule has 1 aromatic carbocycles. The summed E-state index contributed by atoms with van der Waals surface area (Å²) in [4.78, 5) is 21.5. The molecule has 102 valence electrons. The van der Waals surface area contributed by atoms with E-state index in [1.807, 2.05) is 0 Å². The first kappa shape index (κ1) is 15.2. The number of nitrogens with zero attached hydrogens (tertiary/aromatic N) is 1. The van der Waals surface area contributed by atoms with Gasteiger partial charge in [0.05, 0.1) is 23.1 Å². The van der Waals surface area contributed by atoms with Gasteiger partial charge < -0.3 is 9.47 Å². The molecule has 19 heavy (non-hydrogen) atoms. The average Bonchev–Trinajstić information content (AvgIpc) is 2.36. The van der Waals surface area contributed by atoms with E-state index >= 15 is 0 Å². The van der Waals surface area contributed by atoms with Crippen molar-refractivity contribution in [2.45, 2.75) is 6.92 Å². The first-order valence-corrected chi connectivity index (χ1v) is 6.15. The van der Waals surface area contributed by atoms with Crippen LogP contribution in [-0.4, -0.2) is 24.6 Å². The van der Waals surface area contributed by atoms with E-state index in [1.54, 1.807) is 25.1 Å². The van der Waals surface area contributed by atoms with Gasteiger partial charge in [0, 0.05) is 6.08 Å². The van der Waals surface area contributed by atoms with E-state index < -0.39 is 16.6 Å². The third-order valence-corrected chi connectivity index (χ3v) is 2.78. The molecule has 6 nitrogen and oxygen atoms in total. The lowest BCUT2D eigenvalue weighted by molar-refractivity contribution is -0.419. The summed E-state index contributed by atoms with van der Waals surface area (Å²) in [7, 11) is 1.51. The van der Waals surface area contributed by atoms with Crippen molar-refractivity contribution in [3.63, 3.8) is 0 Å². The summed E-state index contributed by atoms with van der Waals surface area (Å²) in [5, 5.41) is 10.8. The van der Waals surface area contributed by atoms with Crippen LogP contribution in [0, 0.1) is 10.1 Å². The van der Waals surface area contributed by atoms with Crippen LogP contribution in [0.3, 0.4) is 0 Å². The van der Waals surface area contributed by atoms with Gasteiger partial charge in [0.25, 0.3) is 0 Å². The van der Waals surface area contributed by atoms with Crippen molar-refractivity contribution < 1.29 is 19.2 Å². The van der Waals surface area contributed by atoms with Crippen LogP contribution in [0.2, 0.25) is 0 Å². The van der Waals surface area contributed by atoms with Gasteiger partial charge in [0.2, 0.25) is 0 Å². The lowest BCUT2D eigenvalue weighted by atomic mass is 10.2. The Bertz CT molecular complexity index is 527. The number of ether oxygens (including phenoxy) is 2. The average molecular weight is 330 g/mol. The summed E-state index contributed by atoms with van der Waals surface area (Å²) in [6, 6.07) is 4.85. The summed E-state index contributed by atoms with van der Waals surface area (Å²) in [6.07, 6.45) is 1.15. The monoisotopic (exact) mass is 329 g/mol. The molecule has 0 radical (unpaired) electrons.